The van der Waals surface area contributed by atoms with Crippen molar-refractivity contribution in [1.29, 1.82) is 0 Å². The lowest BCUT2D eigenvalue weighted by Crippen LogP contribution is -2.37. The average molecular weight is 523 g/mol. The van der Waals surface area contributed by atoms with E-state index in [2.05, 4.69) is 4.98 Å². The molecular weight excluding hydrogens is 487 g/mol. The second-order valence-electron chi connectivity index (χ2n) is 10.8. The van der Waals surface area contributed by atoms with Crippen molar-refractivity contribution in [2.75, 3.05) is 7.11 Å². The van der Waals surface area contributed by atoms with Crippen molar-refractivity contribution in [3.05, 3.63) is 77.2 Å². The van der Waals surface area contributed by atoms with Crippen LogP contribution in [0, 0.1) is 5.82 Å². The lowest BCUT2D eigenvalue weighted by Gasteiger charge is -2.32. The summed E-state index contributed by atoms with van der Waals surface area (Å²) in [5.74, 6) is 0.440. The van der Waals surface area contributed by atoms with Crippen LogP contribution < -0.4 is 15.2 Å². The van der Waals surface area contributed by atoms with Crippen LogP contribution in [0.4, 0.5) is 4.39 Å². The molecule has 1 unspecified atom stereocenters. The number of benzene rings is 2. The molecule has 202 valence electrons. The Morgan fingerprint density at radius 1 is 1.08 bits per heavy atom. The predicted molar refractivity (Wildman–Crippen MR) is 143 cm³/mol. The third-order valence-corrected chi connectivity index (χ3v) is 6.95. The van der Waals surface area contributed by atoms with Gasteiger partial charge < -0.3 is 25.4 Å². The number of hydrogen-bond acceptors (Lipinski definition) is 7. The highest BCUT2D eigenvalue weighted by Gasteiger charge is 2.31. The summed E-state index contributed by atoms with van der Waals surface area (Å²) in [5.41, 5.74) is 7.06. The van der Waals surface area contributed by atoms with E-state index in [1.807, 2.05) is 19.9 Å². The Balaban J connectivity index is 1.53. The summed E-state index contributed by atoms with van der Waals surface area (Å²) in [5, 5.41) is 20.9. The summed E-state index contributed by atoms with van der Waals surface area (Å²) in [6.07, 6.45) is 0.914. The molecule has 1 heterocycles. The molecule has 4 N–H and O–H groups in total. The molecule has 0 aliphatic heterocycles. The normalized spacial score (nSPS) is 18.8. The number of hydrogen-bond donors (Lipinski definition) is 3. The molecule has 0 amide bonds. The summed E-state index contributed by atoms with van der Waals surface area (Å²) >= 11 is 0. The van der Waals surface area contributed by atoms with Gasteiger partial charge >= 0.3 is 0 Å². The number of nitrogens with zero attached hydrogens (tertiary/aromatic N) is 1. The number of carbonyl (C=O) groups is 1. The Labute approximate surface area is 222 Å². The molecule has 0 spiro atoms. The second kappa shape index (κ2) is 10.8. The summed E-state index contributed by atoms with van der Waals surface area (Å²) < 4.78 is 24.8. The van der Waals surface area contributed by atoms with E-state index in [1.54, 1.807) is 43.3 Å². The van der Waals surface area contributed by atoms with Gasteiger partial charge in [0.2, 0.25) is 0 Å². The van der Waals surface area contributed by atoms with E-state index in [4.69, 9.17) is 15.2 Å². The minimum absolute atomic E-state index is 0.0645. The van der Waals surface area contributed by atoms with Crippen LogP contribution >= 0.6 is 0 Å². The highest BCUT2D eigenvalue weighted by atomic mass is 19.1. The van der Waals surface area contributed by atoms with Crippen molar-refractivity contribution < 1.29 is 28.9 Å². The largest absolute Gasteiger partial charge is 0.493 e. The van der Waals surface area contributed by atoms with E-state index >= 15 is 0 Å². The van der Waals surface area contributed by atoms with Crippen LogP contribution in [0.3, 0.4) is 0 Å². The van der Waals surface area contributed by atoms with Crippen molar-refractivity contribution in [1.82, 2.24) is 4.98 Å². The number of carbonyl (C=O) groups excluding carboxylic acids is 1. The summed E-state index contributed by atoms with van der Waals surface area (Å²) in [7, 11) is 1.51. The number of Topliss-reactive ketones (excluding diaryl/α,β-unsaturated/α-hetero) is 1. The van der Waals surface area contributed by atoms with Gasteiger partial charge in [-0.05, 0) is 87.4 Å². The van der Waals surface area contributed by atoms with E-state index in [9.17, 15) is 19.4 Å². The number of ketones is 1. The first-order valence-electron chi connectivity index (χ1n) is 12.7. The molecule has 1 fully saturated rings. The van der Waals surface area contributed by atoms with Crippen molar-refractivity contribution in [2.24, 2.45) is 5.73 Å². The van der Waals surface area contributed by atoms with Gasteiger partial charge in [0.1, 0.15) is 17.5 Å². The molecule has 1 atom stereocenters. The van der Waals surface area contributed by atoms with Gasteiger partial charge in [-0.15, -0.1) is 0 Å². The van der Waals surface area contributed by atoms with Crippen molar-refractivity contribution in [3.63, 3.8) is 0 Å². The van der Waals surface area contributed by atoms with Gasteiger partial charge in [0.25, 0.3) is 0 Å². The SMILES string of the molecule is COc1cc(C(=O)CCC(C)(O)c2cc(C(C)(C)N)cc(-c3ccc(F)cc3)n2)ccc1OC1CC(O)C1. The van der Waals surface area contributed by atoms with Crippen LogP contribution in [-0.2, 0) is 11.1 Å². The third-order valence-electron chi connectivity index (χ3n) is 6.95. The van der Waals surface area contributed by atoms with Gasteiger partial charge in [0.05, 0.1) is 24.6 Å². The molecule has 8 heteroatoms. The molecular formula is C30H35FN2O5. The van der Waals surface area contributed by atoms with Gasteiger partial charge in [-0.1, -0.05) is 0 Å². The molecule has 1 aliphatic rings. The number of pyridine rings is 1. The fourth-order valence-electron chi connectivity index (χ4n) is 4.33. The molecule has 3 aromatic rings. The Kier molecular flexibility index (Phi) is 7.88. The van der Waals surface area contributed by atoms with Crippen LogP contribution in [0.2, 0.25) is 0 Å². The van der Waals surface area contributed by atoms with Crippen LogP contribution in [-0.4, -0.2) is 40.3 Å². The van der Waals surface area contributed by atoms with Gasteiger partial charge in [0, 0.05) is 35.9 Å². The lowest BCUT2D eigenvalue weighted by molar-refractivity contribution is -0.0118. The smallest absolute Gasteiger partial charge is 0.163 e. The molecule has 4 rings (SSSR count). The molecule has 1 aliphatic carbocycles. The van der Waals surface area contributed by atoms with Crippen molar-refractivity contribution in [3.8, 4) is 22.8 Å². The van der Waals surface area contributed by atoms with E-state index < -0.39 is 11.1 Å². The van der Waals surface area contributed by atoms with Crippen LogP contribution in [0.15, 0.2) is 54.6 Å². The highest BCUT2D eigenvalue weighted by molar-refractivity contribution is 5.96. The van der Waals surface area contributed by atoms with Crippen molar-refractivity contribution >= 4 is 5.78 Å². The molecule has 0 saturated heterocycles. The van der Waals surface area contributed by atoms with Crippen LogP contribution in [0.1, 0.15) is 68.1 Å². The third kappa shape index (κ3) is 6.38. The number of aliphatic hydroxyl groups excluding tert-OH is 1. The monoisotopic (exact) mass is 522 g/mol. The maximum atomic E-state index is 13.5. The fraction of sp³-hybridized carbons (Fsp3) is 0.400. The maximum absolute atomic E-state index is 13.5. The van der Waals surface area contributed by atoms with Gasteiger partial charge in [-0.25, -0.2) is 9.37 Å². The zero-order chi connectivity index (χ0) is 27.7. The van der Waals surface area contributed by atoms with E-state index in [1.165, 1.54) is 19.2 Å². The minimum Gasteiger partial charge on any atom is -0.493 e. The van der Waals surface area contributed by atoms with Gasteiger partial charge in [-0.3, -0.25) is 4.79 Å². The molecule has 0 bridgehead atoms. The first-order chi connectivity index (χ1) is 17.9. The summed E-state index contributed by atoms with van der Waals surface area (Å²) in [6, 6.07) is 14.5. The summed E-state index contributed by atoms with van der Waals surface area (Å²) in [4.78, 5) is 17.7. The van der Waals surface area contributed by atoms with E-state index in [-0.39, 0.29) is 36.7 Å². The number of methoxy groups -OCH3 is 1. The Morgan fingerprint density at radius 3 is 2.37 bits per heavy atom. The van der Waals surface area contributed by atoms with E-state index in [0.717, 1.165) is 5.56 Å². The number of ether oxygens (including phenoxy) is 2. The Morgan fingerprint density at radius 2 is 1.76 bits per heavy atom. The summed E-state index contributed by atoms with van der Waals surface area (Å²) in [6.45, 7) is 5.33. The van der Waals surface area contributed by atoms with Crippen LogP contribution in [0.5, 0.6) is 11.5 Å². The first kappa shape index (κ1) is 27.7. The lowest BCUT2D eigenvalue weighted by atomic mass is 9.88. The molecule has 38 heavy (non-hydrogen) atoms. The number of halogens is 1. The fourth-order valence-corrected chi connectivity index (χ4v) is 4.33. The number of rotatable bonds is 10. The molecule has 1 saturated carbocycles. The Bertz CT molecular complexity index is 1290. The minimum atomic E-state index is -1.43. The van der Waals surface area contributed by atoms with E-state index in [0.29, 0.717) is 46.9 Å². The highest BCUT2D eigenvalue weighted by Crippen LogP contribution is 2.35. The first-order valence-corrected chi connectivity index (χ1v) is 12.7. The predicted octanol–water partition coefficient (Wildman–Crippen LogP) is 4.86. The van der Waals surface area contributed by atoms with Gasteiger partial charge in [0.15, 0.2) is 17.3 Å². The Hall–Kier alpha value is -3.33. The maximum Gasteiger partial charge on any atom is 0.163 e. The quantitative estimate of drug-likeness (QED) is 0.326. The molecule has 2 aromatic carbocycles. The standard InChI is InChI=1S/C30H35FN2O5/c1-29(2,32)20-14-24(18-5-8-21(31)9-6-18)33-28(15-20)30(3,36)12-11-25(35)19-7-10-26(27(13-19)37-4)38-23-16-22(34)17-23/h5-10,13-15,22-23,34,36H,11-12,16-17,32H2,1-4H3. The van der Waals surface area contributed by atoms with Gasteiger partial charge in [-0.2, -0.15) is 0 Å². The molecule has 7 nitrogen and oxygen atoms in total. The number of aromatic nitrogens is 1. The average Bonchev–Trinajstić information content (AvgIpc) is 2.86. The topological polar surface area (TPSA) is 115 Å². The zero-order valence-electron chi connectivity index (χ0n) is 22.2. The number of nitrogens with two attached hydrogens (primary N) is 1. The molecule has 0 radical (unpaired) electrons. The second-order valence-corrected chi connectivity index (χ2v) is 10.8. The molecule has 1 aromatic heterocycles. The number of aliphatic hydroxyl groups is 2. The van der Waals surface area contributed by atoms with Crippen LogP contribution in [0.25, 0.3) is 11.3 Å². The van der Waals surface area contributed by atoms with Crippen molar-refractivity contribution in [2.45, 2.75) is 69.8 Å². The zero-order valence-corrected chi connectivity index (χ0v) is 22.2.